The largest absolute Gasteiger partial charge is 0.309 e. The quantitative estimate of drug-likeness (QED) is 0.882. The van der Waals surface area contributed by atoms with Crippen LogP contribution < -0.4 is 5.32 Å². The molecule has 0 radical (unpaired) electrons. The van der Waals surface area contributed by atoms with E-state index in [2.05, 4.69) is 29.6 Å². The van der Waals surface area contributed by atoms with Crippen LogP contribution in [0.25, 0.3) is 0 Å². The fourth-order valence-electron chi connectivity index (χ4n) is 2.72. The van der Waals surface area contributed by atoms with Crippen molar-refractivity contribution in [2.75, 3.05) is 0 Å². The van der Waals surface area contributed by atoms with Crippen molar-refractivity contribution in [2.24, 2.45) is 0 Å². The zero-order valence-electron chi connectivity index (χ0n) is 11.0. The van der Waals surface area contributed by atoms with Crippen molar-refractivity contribution in [3.05, 3.63) is 69.7 Å². The van der Waals surface area contributed by atoms with Gasteiger partial charge in [0.25, 0.3) is 0 Å². The summed E-state index contributed by atoms with van der Waals surface area (Å²) in [5, 5.41) is 4.30. The molecule has 0 atom stereocenters. The van der Waals surface area contributed by atoms with Crippen molar-refractivity contribution in [2.45, 2.75) is 32.4 Å². The highest BCUT2D eigenvalue weighted by Crippen LogP contribution is 2.22. The number of aryl methyl sites for hydroxylation is 2. The maximum absolute atomic E-state index is 6.14. The molecule has 2 aromatic rings. The van der Waals surface area contributed by atoms with E-state index in [9.17, 15) is 0 Å². The molecule has 1 aliphatic carbocycles. The molecular weight excluding hydrogens is 254 g/mol. The van der Waals surface area contributed by atoms with Crippen LogP contribution in [0.15, 0.2) is 42.5 Å². The van der Waals surface area contributed by atoms with E-state index in [0.29, 0.717) is 0 Å². The van der Waals surface area contributed by atoms with Gasteiger partial charge in [0.1, 0.15) is 0 Å². The van der Waals surface area contributed by atoms with Gasteiger partial charge in [-0.05, 0) is 47.6 Å². The molecule has 0 fully saturated rings. The number of rotatable bonds is 4. The van der Waals surface area contributed by atoms with Crippen LogP contribution >= 0.6 is 11.6 Å². The van der Waals surface area contributed by atoms with Crippen LogP contribution in [0.4, 0.5) is 0 Å². The first kappa shape index (κ1) is 12.7. The van der Waals surface area contributed by atoms with E-state index in [-0.39, 0.29) is 0 Å². The summed E-state index contributed by atoms with van der Waals surface area (Å²) in [6, 6.07) is 14.9. The molecule has 2 aromatic carbocycles. The number of hydrogen-bond donors (Lipinski definition) is 1. The van der Waals surface area contributed by atoms with Crippen LogP contribution in [0.3, 0.4) is 0 Å². The Morgan fingerprint density at radius 3 is 2.68 bits per heavy atom. The number of fused-ring (bicyclic) bond motifs is 1. The third-order valence-electron chi connectivity index (χ3n) is 3.77. The second kappa shape index (κ2) is 5.77. The van der Waals surface area contributed by atoms with Gasteiger partial charge in [-0.1, -0.05) is 48.0 Å². The van der Waals surface area contributed by atoms with Crippen molar-refractivity contribution in [1.82, 2.24) is 5.32 Å². The fraction of sp³-hybridized carbons (Fsp3) is 0.294. The molecule has 19 heavy (non-hydrogen) atoms. The third kappa shape index (κ3) is 2.99. The van der Waals surface area contributed by atoms with Gasteiger partial charge in [0.15, 0.2) is 0 Å². The lowest BCUT2D eigenvalue weighted by Gasteiger charge is -2.08. The summed E-state index contributed by atoms with van der Waals surface area (Å²) in [4.78, 5) is 0. The van der Waals surface area contributed by atoms with E-state index in [1.54, 1.807) is 0 Å². The first-order valence-corrected chi connectivity index (χ1v) is 7.25. The fourth-order valence-corrected chi connectivity index (χ4v) is 2.92. The van der Waals surface area contributed by atoms with E-state index >= 15 is 0 Å². The van der Waals surface area contributed by atoms with Crippen LogP contribution in [0.5, 0.6) is 0 Å². The van der Waals surface area contributed by atoms with Crippen molar-refractivity contribution >= 4 is 11.6 Å². The normalized spacial score (nSPS) is 13.5. The Morgan fingerprint density at radius 1 is 0.947 bits per heavy atom. The Bertz CT molecular complexity index is 577. The molecule has 98 valence electrons. The van der Waals surface area contributed by atoms with E-state index in [0.717, 1.165) is 23.7 Å². The van der Waals surface area contributed by atoms with Crippen LogP contribution in [0.2, 0.25) is 5.02 Å². The van der Waals surface area contributed by atoms with Crippen molar-refractivity contribution in [1.29, 1.82) is 0 Å². The van der Waals surface area contributed by atoms with Crippen molar-refractivity contribution < 1.29 is 0 Å². The lowest BCUT2D eigenvalue weighted by Crippen LogP contribution is -2.13. The van der Waals surface area contributed by atoms with Crippen LogP contribution in [0, 0.1) is 0 Å². The predicted molar refractivity (Wildman–Crippen MR) is 80.5 cm³/mol. The van der Waals surface area contributed by atoms with E-state index < -0.39 is 0 Å². The molecule has 0 spiro atoms. The summed E-state index contributed by atoms with van der Waals surface area (Å²) >= 11 is 6.14. The first-order chi connectivity index (χ1) is 9.33. The minimum atomic E-state index is 0.816. The summed E-state index contributed by atoms with van der Waals surface area (Å²) in [5.74, 6) is 0. The lowest BCUT2D eigenvalue weighted by atomic mass is 10.1. The summed E-state index contributed by atoms with van der Waals surface area (Å²) in [7, 11) is 0. The Hall–Kier alpha value is -1.31. The van der Waals surface area contributed by atoms with Gasteiger partial charge in [0.05, 0.1) is 0 Å². The number of hydrogen-bond acceptors (Lipinski definition) is 1. The molecule has 0 unspecified atom stereocenters. The molecular formula is C17H18ClN. The molecule has 0 saturated heterocycles. The molecule has 2 heteroatoms. The SMILES string of the molecule is Clc1ccccc1CNCc1ccc2c(c1)CCC2. The predicted octanol–water partition coefficient (Wildman–Crippen LogP) is 4.12. The molecule has 0 aromatic heterocycles. The summed E-state index contributed by atoms with van der Waals surface area (Å²) < 4.78 is 0. The van der Waals surface area contributed by atoms with Gasteiger partial charge in [-0.25, -0.2) is 0 Å². The summed E-state index contributed by atoms with van der Waals surface area (Å²) in [6.07, 6.45) is 3.81. The molecule has 0 heterocycles. The zero-order valence-corrected chi connectivity index (χ0v) is 11.7. The van der Waals surface area contributed by atoms with Gasteiger partial charge >= 0.3 is 0 Å². The van der Waals surface area contributed by atoms with Crippen LogP contribution in [-0.4, -0.2) is 0 Å². The van der Waals surface area contributed by atoms with E-state index in [1.165, 1.54) is 36.0 Å². The molecule has 0 saturated carbocycles. The number of nitrogens with one attached hydrogen (secondary N) is 1. The maximum Gasteiger partial charge on any atom is 0.0450 e. The minimum absolute atomic E-state index is 0.816. The third-order valence-corrected chi connectivity index (χ3v) is 4.13. The Balaban J connectivity index is 1.59. The van der Waals surface area contributed by atoms with Gasteiger partial charge in [0.2, 0.25) is 0 Å². The summed E-state index contributed by atoms with van der Waals surface area (Å²) in [6.45, 7) is 1.72. The van der Waals surface area contributed by atoms with Gasteiger partial charge in [-0.3, -0.25) is 0 Å². The van der Waals surface area contributed by atoms with E-state index in [4.69, 9.17) is 11.6 Å². The second-order valence-corrected chi connectivity index (χ2v) is 5.56. The molecule has 0 aliphatic heterocycles. The molecule has 0 amide bonds. The van der Waals surface area contributed by atoms with Gasteiger partial charge < -0.3 is 5.32 Å². The Morgan fingerprint density at radius 2 is 1.79 bits per heavy atom. The highest BCUT2D eigenvalue weighted by Gasteiger charge is 2.10. The number of benzene rings is 2. The molecule has 1 nitrogen and oxygen atoms in total. The molecule has 1 aliphatic rings. The van der Waals surface area contributed by atoms with Gasteiger partial charge in [0, 0.05) is 18.1 Å². The monoisotopic (exact) mass is 271 g/mol. The topological polar surface area (TPSA) is 12.0 Å². The molecule has 0 bridgehead atoms. The Kier molecular flexibility index (Phi) is 3.86. The smallest absolute Gasteiger partial charge is 0.0450 e. The highest BCUT2D eigenvalue weighted by molar-refractivity contribution is 6.31. The highest BCUT2D eigenvalue weighted by atomic mass is 35.5. The lowest BCUT2D eigenvalue weighted by molar-refractivity contribution is 0.693. The van der Waals surface area contributed by atoms with Crippen LogP contribution in [-0.2, 0) is 25.9 Å². The second-order valence-electron chi connectivity index (χ2n) is 5.15. The van der Waals surface area contributed by atoms with Crippen LogP contribution in [0.1, 0.15) is 28.7 Å². The average molecular weight is 272 g/mol. The summed E-state index contributed by atoms with van der Waals surface area (Å²) in [5.41, 5.74) is 5.60. The average Bonchev–Trinajstić information content (AvgIpc) is 2.88. The standard InChI is InChI=1S/C17H18ClN/c18-17-7-2-1-4-16(17)12-19-11-13-8-9-14-5-3-6-15(14)10-13/h1-2,4,7-10,19H,3,5-6,11-12H2. The van der Waals surface area contributed by atoms with Crippen molar-refractivity contribution in [3.63, 3.8) is 0 Å². The molecule has 3 rings (SSSR count). The first-order valence-electron chi connectivity index (χ1n) is 6.88. The number of halogens is 1. The van der Waals surface area contributed by atoms with Crippen molar-refractivity contribution in [3.8, 4) is 0 Å². The van der Waals surface area contributed by atoms with Gasteiger partial charge in [-0.15, -0.1) is 0 Å². The maximum atomic E-state index is 6.14. The molecule has 1 N–H and O–H groups in total. The Labute approximate surface area is 119 Å². The van der Waals surface area contributed by atoms with Gasteiger partial charge in [-0.2, -0.15) is 0 Å². The minimum Gasteiger partial charge on any atom is -0.309 e. The van der Waals surface area contributed by atoms with E-state index in [1.807, 2.05) is 18.2 Å². The zero-order chi connectivity index (χ0) is 13.1.